The van der Waals surface area contributed by atoms with Gasteiger partial charge in [-0.1, -0.05) is 11.6 Å². The van der Waals surface area contributed by atoms with Gasteiger partial charge in [0.15, 0.2) is 0 Å². The predicted octanol–water partition coefficient (Wildman–Crippen LogP) is 2.95. The maximum absolute atomic E-state index is 6.11. The van der Waals surface area contributed by atoms with Crippen molar-refractivity contribution in [1.29, 1.82) is 0 Å². The van der Waals surface area contributed by atoms with Crippen molar-refractivity contribution >= 4 is 11.6 Å². The first-order chi connectivity index (χ1) is 7.70. The quantitative estimate of drug-likeness (QED) is 0.853. The molecular weight excluding hydrogens is 222 g/mol. The summed E-state index contributed by atoms with van der Waals surface area (Å²) >= 11 is 6.11. The Hall–Kier alpha value is -0.730. The van der Waals surface area contributed by atoms with E-state index < -0.39 is 0 Å². The number of nitrogens with one attached hydrogen (secondary N) is 1. The topological polar surface area (TPSA) is 21.3 Å². The summed E-state index contributed by atoms with van der Waals surface area (Å²) in [5, 5.41) is 4.21. The van der Waals surface area contributed by atoms with E-state index in [2.05, 4.69) is 12.2 Å². The molecule has 1 aromatic rings. The molecule has 1 aliphatic carbocycles. The van der Waals surface area contributed by atoms with Crippen molar-refractivity contribution in [3.05, 3.63) is 28.3 Å². The smallest absolute Gasteiger partial charge is 0.137 e. The Bertz CT molecular complexity index is 374. The molecule has 1 saturated carbocycles. The van der Waals surface area contributed by atoms with Gasteiger partial charge in [0.2, 0.25) is 0 Å². The van der Waals surface area contributed by atoms with Crippen LogP contribution in [0.4, 0.5) is 0 Å². The molecule has 0 amide bonds. The molecule has 0 radical (unpaired) electrons. The van der Waals surface area contributed by atoms with E-state index in [1.54, 1.807) is 7.11 Å². The number of ether oxygens (including phenoxy) is 1. The molecule has 1 aromatic carbocycles. The Morgan fingerprint density at radius 1 is 1.44 bits per heavy atom. The van der Waals surface area contributed by atoms with Gasteiger partial charge in [-0.05, 0) is 56.0 Å². The van der Waals surface area contributed by atoms with Crippen molar-refractivity contribution in [2.45, 2.75) is 32.2 Å². The Labute approximate surface area is 102 Å². The Morgan fingerprint density at radius 2 is 2.19 bits per heavy atom. The summed E-state index contributed by atoms with van der Waals surface area (Å²) in [4.78, 5) is 0. The summed E-state index contributed by atoms with van der Waals surface area (Å²) in [7, 11) is 1.65. The number of benzene rings is 1. The highest BCUT2D eigenvalue weighted by Gasteiger charge is 2.19. The summed E-state index contributed by atoms with van der Waals surface area (Å²) in [5.74, 6) is 0.762. The van der Waals surface area contributed by atoms with Crippen molar-refractivity contribution in [2.75, 3.05) is 13.7 Å². The first-order valence-electron chi connectivity index (χ1n) is 5.77. The third-order valence-corrected chi connectivity index (χ3v) is 3.31. The molecule has 1 N–H and O–H groups in total. The van der Waals surface area contributed by atoms with Crippen LogP contribution >= 0.6 is 11.6 Å². The minimum absolute atomic E-state index is 0.703. The molecule has 16 heavy (non-hydrogen) atoms. The van der Waals surface area contributed by atoms with Crippen LogP contribution in [0.5, 0.6) is 5.75 Å². The number of hydrogen-bond acceptors (Lipinski definition) is 2. The highest BCUT2D eigenvalue weighted by Crippen LogP contribution is 2.28. The van der Waals surface area contributed by atoms with Gasteiger partial charge in [0.05, 0.1) is 12.1 Å². The molecule has 0 heterocycles. The Kier molecular flexibility index (Phi) is 3.72. The second kappa shape index (κ2) is 5.07. The molecule has 0 aromatic heterocycles. The first kappa shape index (κ1) is 11.7. The molecule has 2 nitrogen and oxygen atoms in total. The van der Waals surface area contributed by atoms with E-state index in [1.165, 1.54) is 24.0 Å². The van der Waals surface area contributed by atoms with Crippen LogP contribution in [0.1, 0.15) is 24.0 Å². The largest absolute Gasteiger partial charge is 0.495 e. The Morgan fingerprint density at radius 3 is 2.81 bits per heavy atom. The molecule has 0 atom stereocenters. The lowest BCUT2D eigenvalue weighted by Gasteiger charge is -2.10. The van der Waals surface area contributed by atoms with Gasteiger partial charge in [-0.25, -0.2) is 0 Å². The lowest BCUT2D eigenvalue weighted by molar-refractivity contribution is 0.414. The van der Waals surface area contributed by atoms with Crippen molar-refractivity contribution in [2.24, 2.45) is 0 Å². The van der Waals surface area contributed by atoms with Crippen LogP contribution in [0.3, 0.4) is 0 Å². The molecule has 1 aliphatic rings. The molecule has 0 bridgehead atoms. The van der Waals surface area contributed by atoms with E-state index in [0.29, 0.717) is 5.02 Å². The molecule has 0 spiro atoms. The zero-order valence-electron chi connectivity index (χ0n) is 9.85. The van der Waals surface area contributed by atoms with Gasteiger partial charge in [-0.15, -0.1) is 0 Å². The molecule has 0 aliphatic heterocycles. The SMILES string of the molecule is COc1cc(C)c(CCNC2CC2)cc1Cl. The zero-order valence-corrected chi connectivity index (χ0v) is 10.6. The molecule has 0 saturated heterocycles. The van der Waals surface area contributed by atoms with Crippen LogP contribution < -0.4 is 10.1 Å². The van der Waals surface area contributed by atoms with E-state index in [0.717, 1.165) is 24.8 Å². The molecule has 3 heteroatoms. The van der Waals surface area contributed by atoms with Gasteiger partial charge in [0.25, 0.3) is 0 Å². The number of methoxy groups -OCH3 is 1. The summed E-state index contributed by atoms with van der Waals surface area (Å²) < 4.78 is 5.19. The van der Waals surface area contributed by atoms with Crippen LogP contribution in [0.2, 0.25) is 5.02 Å². The molecule has 0 unspecified atom stereocenters. The number of rotatable bonds is 5. The van der Waals surface area contributed by atoms with Crippen LogP contribution in [0, 0.1) is 6.92 Å². The minimum Gasteiger partial charge on any atom is -0.495 e. The van der Waals surface area contributed by atoms with Crippen LogP contribution in [-0.4, -0.2) is 19.7 Å². The Balaban J connectivity index is 1.98. The van der Waals surface area contributed by atoms with Gasteiger partial charge in [0, 0.05) is 6.04 Å². The van der Waals surface area contributed by atoms with Gasteiger partial charge in [-0.2, -0.15) is 0 Å². The van der Waals surface area contributed by atoms with Crippen molar-refractivity contribution in [3.63, 3.8) is 0 Å². The maximum Gasteiger partial charge on any atom is 0.137 e. The van der Waals surface area contributed by atoms with Gasteiger partial charge in [0.1, 0.15) is 5.75 Å². The third-order valence-electron chi connectivity index (χ3n) is 3.02. The van der Waals surface area contributed by atoms with Crippen molar-refractivity contribution in [3.8, 4) is 5.75 Å². The van der Waals surface area contributed by atoms with Crippen LogP contribution in [-0.2, 0) is 6.42 Å². The summed E-state index contributed by atoms with van der Waals surface area (Å²) in [6, 6.07) is 4.80. The lowest BCUT2D eigenvalue weighted by atomic mass is 10.1. The number of aryl methyl sites for hydroxylation is 1. The second-order valence-corrected chi connectivity index (χ2v) is 4.80. The fraction of sp³-hybridized carbons (Fsp3) is 0.538. The zero-order chi connectivity index (χ0) is 11.5. The summed E-state index contributed by atoms with van der Waals surface area (Å²) in [6.07, 6.45) is 3.71. The molecule has 1 fully saturated rings. The molecule has 88 valence electrons. The average Bonchev–Trinajstić information content (AvgIpc) is 3.06. The summed E-state index contributed by atoms with van der Waals surface area (Å²) in [6.45, 7) is 3.14. The van der Waals surface area contributed by atoms with Gasteiger partial charge in [-0.3, -0.25) is 0 Å². The van der Waals surface area contributed by atoms with Gasteiger partial charge < -0.3 is 10.1 Å². The van der Waals surface area contributed by atoms with E-state index >= 15 is 0 Å². The van der Waals surface area contributed by atoms with E-state index in [1.807, 2.05) is 12.1 Å². The lowest BCUT2D eigenvalue weighted by Crippen LogP contribution is -2.19. The first-order valence-corrected chi connectivity index (χ1v) is 6.15. The summed E-state index contributed by atoms with van der Waals surface area (Å²) in [5.41, 5.74) is 2.55. The fourth-order valence-electron chi connectivity index (χ4n) is 1.82. The average molecular weight is 240 g/mol. The van der Waals surface area contributed by atoms with Crippen LogP contribution in [0.15, 0.2) is 12.1 Å². The van der Waals surface area contributed by atoms with E-state index in [-0.39, 0.29) is 0 Å². The number of halogens is 1. The minimum atomic E-state index is 0.703. The third kappa shape index (κ3) is 2.89. The highest BCUT2D eigenvalue weighted by molar-refractivity contribution is 6.32. The van der Waals surface area contributed by atoms with Crippen LogP contribution in [0.25, 0.3) is 0 Å². The maximum atomic E-state index is 6.11. The standard InChI is InChI=1S/C13H18ClNO/c1-9-7-13(16-2)12(14)8-10(9)5-6-15-11-3-4-11/h7-8,11,15H,3-6H2,1-2H3. The van der Waals surface area contributed by atoms with E-state index in [4.69, 9.17) is 16.3 Å². The molecular formula is C13H18ClNO. The normalized spacial score (nSPS) is 15.2. The number of hydrogen-bond donors (Lipinski definition) is 1. The predicted molar refractivity (Wildman–Crippen MR) is 67.5 cm³/mol. The highest BCUT2D eigenvalue weighted by atomic mass is 35.5. The second-order valence-electron chi connectivity index (χ2n) is 4.39. The van der Waals surface area contributed by atoms with Crippen molar-refractivity contribution in [1.82, 2.24) is 5.32 Å². The van der Waals surface area contributed by atoms with E-state index in [9.17, 15) is 0 Å². The fourth-order valence-corrected chi connectivity index (χ4v) is 2.08. The molecule has 2 rings (SSSR count). The monoisotopic (exact) mass is 239 g/mol. The van der Waals surface area contributed by atoms with Gasteiger partial charge >= 0.3 is 0 Å². The van der Waals surface area contributed by atoms with Crippen molar-refractivity contribution < 1.29 is 4.74 Å².